The molecule has 1 heterocycles. The van der Waals surface area contributed by atoms with Gasteiger partial charge in [-0.1, -0.05) is 39.5 Å². The van der Waals surface area contributed by atoms with E-state index in [0.29, 0.717) is 24.4 Å². The number of nitrogens with zero attached hydrogens (tertiary/aromatic N) is 1. The molecule has 1 saturated carbocycles. The number of likely N-dealkylation sites (tertiary alicyclic amines) is 1. The highest BCUT2D eigenvalue weighted by atomic mass is 16.3. The lowest BCUT2D eigenvalue weighted by Gasteiger charge is -2.37. The average Bonchev–Trinajstić information content (AvgIpc) is 2.62. The Labute approximate surface area is 129 Å². The molecule has 0 radical (unpaired) electrons. The van der Waals surface area contributed by atoms with Crippen LogP contribution in [0.15, 0.2) is 0 Å². The Kier molecular flexibility index (Phi) is 6.48. The van der Waals surface area contributed by atoms with E-state index in [1.165, 1.54) is 38.5 Å². The topological polar surface area (TPSA) is 55.7 Å². The van der Waals surface area contributed by atoms with Gasteiger partial charge in [-0.2, -0.15) is 0 Å². The van der Waals surface area contributed by atoms with Gasteiger partial charge in [-0.05, 0) is 30.7 Å². The zero-order valence-electron chi connectivity index (χ0n) is 13.9. The van der Waals surface area contributed by atoms with Crippen molar-refractivity contribution in [1.82, 2.24) is 10.2 Å². The molecule has 0 bridgehead atoms. The molecule has 3 N–H and O–H groups in total. The van der Waals surface area contributed by atoms with Gasteiger partial charge < -0.3 is 15.5 Å². The van der Waals surface area contributed by atoms with Gasteiger partial charge in [0.1, 0.15) is 0 Å². The van der Waals surface area contributed by atoms with E-state index in [1.54, 1.807) is 0 Å². The van der Waals surface area contributed by atoms with Crippen molar-refractivity contribution in [3.63, 3.8) is 0 Å². The molecule has 0 amide bonds. The van der Waals surface area contributed by atoms with Crippen LogP contribution >= 0.6 is 0 Å². The predicted octanol–water partition coefficient (Wildman–Crippen LogP) is 1.61. The maximum Gasteiger partial charge on any atom is 0.0938 e. The fraction of sp³-hybridized carbons (Fsp3) is 1.00. The number of rotatable bonds is 6. The average molecular weight is 298 g/mol. The van der Waals surface area contributed by atoms with Crippen LogP contribution in [-0.2, 0) is 0 Å². The van der Waals surface area contributed by atoms with Crippen molar-refractivity contribution in [2.45, 2.75) is 64.6 Å². The number of β-amino-alcohol motifs (C(OH)–C–C–N with tert-alkyl or cyclic N) is 2. The Hall–Kier alpha value is -0.160. The standard InChI is InChI=1S/C17H34N2O2/c1-14(2)9-18-12-17(7-5-3-4-6-8-17)13-19-10-15(20)16(21)11-19/h14-16,18,20-21H,3-13H2,1-2H3. The summed E-state index contributed by atoms with van der Waals surface area (Å²) in [6, 6.07) is 0. The first kappa shape index (κ1) is 17.2. The zero-order chi connectivity index (χ0) is 15.3. The van der Waals surface area contributed by atoms with Crippen LogP contribution in [0.5, 0.6) is 0 Å². The lowest BCUT2D eigenvalue weighted by Crippen LogP contribution is -2.44. The number of hydrogen-bond acceptors (Lipinski definition) is 4. The molecule has 2 aliphatic rings. The third kappa shape index (κ3) is 5.20. The van der Waals surface area contributed by atoms with Crippen molar-refractivity contribution >= 4 is 0 Å². The van der Waals surface area contributed by atoms with Gasteiger partial charge in [-0.15, -0.1) is 0 Å². The Morgan fingerprint density at radius 2 is 1.62 bits per heavy atom. The number of aliphatic hydroxyl groups is 2. The lowest BCUT2D eigenvalue weighted by atomic mass is 9.79. The molecule has 0 aromatic heterocycles. The smallest absolute Gasteiger partial charge is 0.0938 e. The van der Waals surface area contributed by atoms with Gasteiger partial charge in [0.2, 0.25) is 0 Å². The van der Waals surface area contributed by atoms with E-state index in [-0.39, 0.29) is 0 Å². The van der Waals surface area contributed by atoms with Crippen LogP contribution in [-0.4, -0.2) is 60.0 Å². The Morgan fingerprint density at radius 1 is 1.05 bits per heavy atom. The van der Waals surface area contributed by atoms with Crippen molar-refractivity contribution in [1.29, 1.82) is 0 Å². The minimum Gasteiger partial charge on any atom is -0.389 e. The van der Waals surface area contributed by atoms with Crippen LogP contribution in [0.2, 0.25) is 0 Å². The molecule has 4 nitrogen and oxygen atoms in total. The zero-order valence-corrected chi connectivity index (χ0v) is 13.9. The second-order valence-electron chi connectivity index (χ2n) is 7.77. The normalized spacial score (nSPS) is 30.7. The minimum absolute atomic E-state index is 0.329. The molecule has 4 heteroatoms. The predicted molar refractivity (Wildman–Crippen MR) is 86.3 cm³/mol. The molecule has 0 aromatic carbocycles. The first-order valence-electron chi connectivity index (χ1n) is 8.80. The number of hydrogen-bond donors (Lipinski definition) is 3. The van der Waals surface area contributed by atoms with Crippen LogP contribution in [0.4, 0.5) is 0 Å². The van der Waals surface area contributed by atoms with E-state index < -0.39 is 12.2 Å². The largest absolute Gasteiger partial charge is 0.389 e. The Morgan fingerprint density at radius 3 is 2.14 bits per heavy atom. The molecule has 0 spiro atoms. The van der Waals surface area contributed by atoms with E-state index >= 15 is 0 Å². The highest BCUT2D eigenvalue weighted by Gasteiger charge is 2.37. The van der Waals surface area contributed by atoms with E-state index in [0.717, 1.165) is 19.6 Å². The Bertz CT molecular complexity index is 291. The van der Waals surface area contributed by atoms with Gasteiger partial charge in [0.05, 0.1) is 12.2 Å². The van der Waals surface area contributed by atoms with Crippen molar-refractivity contribution in [3.05, 3.63) is 0 Å². The summed E-state index contributed by atoms with van der Waals surface area (Å²) in [6.45, 7) is 8.94. The Balaban J connectivity index is 1.94. The summed E-state index contributed by atoms with van der Waals surface area (Å²) < 4.78 is 0. The number of aliphatic hydroxyl groups excluding tert-OH is 2. The van der Waals surface area contributed by atoms with Crippen LogP contribution in [0.1, 0.15) is 52.4 Å². The van der Waals surface area contributed by atoms with Crippen molar-refractivity contribution in [3.8, 4) is 0 Å². The van der Waals surface area contributed by atoms with E-state index in [1.807, 2.05) is 0 Å². The molecule has 124 valence electrons. The third-order valence-electron chi connectivity index (χ3n) is 5.11. The maximum absolute atomic E-state index is 9.78. The van der Waals surface area contributed by atoms with Gasteiger partial charge in [0.25, 0.3) is 0 Å². The fourth-order valence-corrected chi connectivity index (χ4v) is 3.95. The molecule has 1 aliphatic carbocycles. The van der Waals surface area contributed by atoms with Crippen molar-refractivity contribution in [2.75, 3.05) is 32.7 Å². The molecule has 2 rings (SSSR count). The van der Waals surface area contributed by atoms with E-state index in [9.17, 15) is 10.2 Å². The van der Waals surface area contributed by atoms with Crippen LogP contribution in [0, 0.1) is 11.3 Å². The molecule has 1 saturated heterocycles. The SMILES string of the molecule is CC(C)CNCC1(CN2CC(O)C(O)C2)CCCCCC1. The van der Waals surface area contributed by atoms with Gasteiger partial charge in [-0.25, -0.2) is 0 Å². The molecule has 21 heavy (non-hydrogen) atoms. The molecular weight excluding hydrogens is 264 g/mol. The monoisotopic (exact) mass is 298 g/mol. The third-order valence-corrected chi connectivity index (χ3v) is 5.11. The van der Waals surface area contributed by atoms with E-state index in [2.05, 4.69) is 24.1 Å². The molecule has 0 aromatic rings. The van der Waals surface area contributed by atoms with Crippen LogP contribution in [0.3, 0.4) is 0 Å². The first-order valence-corrected chi connectivity index (χ1v) is 8.80. The molecule has 2 unspecified atom stereocenters. The van der Waals surface area contributed by atoms with Gasteiger partial charge in [0.15, 0.2) is 0 Å². The van der Waals surface area contributed by atoms with Crippen molar-refractivity contribution in [2.24, 2.45) is 11.3 Å². The summed E-state index contributed by atoms with van der Waals surface area (Å²) in [6.07, 6.45) is 6.80. The summed E-state index contributed by atoms with van der Waals surface area (Å²) in [4.78, 5) is 2.28. The summed E-state index contributed by atoms with van der Waals surface area (Å²) in [5.41, 5.74) is 0.329. The van der Waals surface area contributed by atoms with Crippen LogP contribution < -0.4 is 5.32 Å². The van der Waals surface area contributed by atoms with Gasteiger partial charge >= 0.3 is 0 Å². The van der Waals surface area contributed by atoms with Gasteiger partial charge in [-0.3, -0.25) is 4.90 Å². The second-order valence-corrected chi connectivity index (χ2v) is 7.77. The minimum atomic E-state index is -0.559. The molecule has 2 fully saturated rings. The number of nitrogens with one attached hydrogen (secondary N) is 1. The summed E-state index contributed by atoms with van der Waals surface area (Å²) in [5, 5.41) is 23.2. The fourth-order valence-electron chi connectivity index (χ4n) is 3.95. The van der Waals surface area contributed by atoms with Crippen LogP contribution in [0.25, 0.3) is 0 Å². The molecule has 1 aliphatic heterocycles. The lowest BCUT2D eigenvalue weighted by molar-refractivity contribution is 0.0572. The van der Waals surface area contributed by atoms with Gasteiger partial charge in [0, 0.05) is 26.2 Å². The summed E-state index contributed by atoms with van der Waals surface area (Å²) in [7, 11) is 0. The maximum atomic E-state index is 9.78. The first-order chi connectivity index (χ1) is 10.0. The highest BCUT2D eigenvalue weighted by Crippen LogP contribution is 2.36. The van der Waals surface area contributed by atoms with E-state index in [4.69, 9.17) is 0 Å². The highest BCUT2D eigenvalue weighted by molar-refractivity contribution is 4.91. The summed E-state index contributed by atoms with van der Waals surface area (Å²) in [5.74, 6) is 0.684. The summed E-state index contributed by atoms with van der Waals surface area (Å²) >= 11 is 0. The molecule has 2 atom stereocenters. The molecular formula is C17H34N2O2. The van der Waals surface area contributed by atoms with Crippen molar-refractivity contribution < 1.29 is 10.2 Å². The second kappa shape index (κ2) is 7.91. The quantitative estimate of drug-likeness (QED) is 0.652.